The fourth-order valence-electron chi connectivity index (χ4n) is 8.74. The van der Waals surface area contributed by atoms with Crippen LogP contribution >= 0.6 is 0 Å². The van der Waals surface area contributed by atoms with E-state index in [0.717, 1.165) is 40.7 Å². The SMILES string of the molecule is COc1cn(-c2nc3ccccc3n(C3C[C@H]4CCC[C@@H](C3)N4[C@@H]3C[C@H]4CC[C@H](C)[C@H](C4)C3)c2=O)c(=O)[nH]c1=O. The van der Waals surface area contributed by atoms with Crippen molar-refractivity contribution in [1.29, 1.82) is 0 Å². The Morgan fingerprint density at radius 3 is 2.45 bits per heavy atom. The van der Waals surface area contributed by atoms with E-state index in [4.69, 9.17) is 4.74 Å². The lowest BCUT2D eigenvalue weighted by atomic mass is 9.64. The van der Waals surface area contributed by atoms with E-state index in [1.165, 1.54) is 64.7 Å². The van der Waals surface area contributed by atoms with Crippen LogP contribution in [-0.2, 0) is 0 Å². The summed E-state index contributed by atoms with van der Waals surface area (Å²) in [6.45, 7) is 2.46. The predicted molar refractivity (Wildman–Crippen MR) is 153 cm³/mol. The maximum Gasteiger partial charge on any atom is 0.334 e. The number of para-hydroxylation sites is 2. The number of nitrogens with one attached hydrogen (secondary N) is 1. The number of nitrogens with zero attached hydrogens (tertiary/aromatic N) is 4. The Kier molecular flexibility index (Phi) is 6.45. The van der Waals surface area contributed by atoms with Crippen LogP contribution in [0, 0.1) is 17.8 Å². The minimum atomic E-state index is -0.707. The zero-order chi connectivity index (χ0) is 27.5. The molecule has 4 fully saturated rings. The van der Waals surface area contributed by atoms with E-state index in [9.17, 15) is 14.4 Å². The quantitative estimate of drug-likeness (QED) is 0.532. The summed E-state index contributed by atoms with van der Waals surface area (Å²) in [7, 11) is 1.36. The summed E-state index contributed by atoms with van der Waals surface area (Å²) in [5.74, 6) is 2.51. The smallest absolute Gasteiger partial charge is 0.334 e. The molecule has 9 heteroatoms. The van der Waals surface area contributed by atoms with Gasteiger partial charge in [0.1, 0.15) is 0 Å². The molecule has 4 bridgehead atoms. The second-order valence-corrected chi connectivity index (χ2v) is 12.8. The lowest BCUT2D eigenvalue weighted by Crippen LogP contribution is -2.59. The van der Waals surface area contributed by atoms with Crippen LogP contribution in [0.25, 0.3) is 16.9 Å². The first-order valence-corrected chi connectivity index (χ1v) is 15.1. The number of H-pyrrole nitrogens is 1. The van der Waals surface area contributed by atoms with Crippen molar-refractivity contribution in [2.75, 3.05) is 7.11 Å². The molecule has 2 aromatic heterocycles. The molecule has 1 unspecified atom stereocenters. The highest BCUT2D eigenvalue weighted by atomic mass is 16.5. The molecule has 212 valence electrons. The van der Waals surface area contributed by atoms with Crippen molar-refractivity contribution in [3.63, 3.8) is 0 Å². The van der Waals surface area contributed by atoms with Crippen molar-refractivity contribution in [3.8, 4) is 11.6 Å². The van der Waals surface area contributed by atoms with Gasteiger partial charge in [-0.15, -0.1) is 0 Å². The van der Waals surface area contributed by atoms with Crippen LogP contribution in [0.4, 0.5) is 0 Å². The molecule has 0 spiro atoms. The maximum absolute atomic E-state index is 14.2. The number of piperidine rings is 2. The van der Waals surface area contributed by atoms with Crippen LogP contribution in [0.3, 0.4) is 0 Å². The second kappa shape index (κ2) is 10.0. The Hall–Kier alpha value is -3.20. The summed E-state index contributed by atoms with van der Waals surface area (Å²) in [5.41, 5.74) is -0.214. The highest BCUT2D eigenvalue weighted by molar-refractivity contribution is 5.75. The fourth-order valence-corrected chi connectivity index (χ4v) is 8.74. The molecule has 4 aliphatic rings. The first kappa shape index (κ1) is 25.7. The zero-order valence-electron chi connectivity index (χ0n) is 23.4. The van der Waals surface area contributed by atoms with E-state index < -0.39 is 11.2 Å². The van der Waals surface area contributed by atoms with Gasteiger partial charge >= 0.3 is 5.69 Å². The number of methoxy groups -OCH3 is 1. The molecule has 40 heavy (non-hydrogen) atoms. The van der Waals surface area contributed by atoms with Gasteiger partial charge in [-0.1, -0.05) is 38.3 Å². The predicted octanol–water partition coefficient (Wildman–Crippen LogP) is 4.02. The molecule has 4 heterocycles. The number of aromatic amines is 1. The molecule has 1 aromatic carbocycles. The Morgan fingerprint density at radius 1 is 0.900 bits per heavy atom. The van der Waals surface area contributed by atoms with Crippen molar-refractivity contribution in [3.05, 3.63) is 61.7 Å². The molecular weight excluding hydrogens is 506 g/mol. The minimum Gasteiger partial charge on any atom is -0.490 e. The van der Waals surface area contributed by atoms with Gasteiger partial charge in [0.2, 0.25) is 11.6 Å². The topological polar surface area (TPSA) is 102 Å². The molecule has 2 saturated heterocycles. The van der Waals surface area contributed by atoms with E-state index >= 15 is 0 Å². The van der Waals surface area contributed by atoms with E-state index in [0.29, 0.717) is 23.6 Å². The lowest BCUT2D eigenvalue weighted by Gasteiger charge is -2.56. The van der Waals surface area contributed by atoms with Gasteiger partial charge in [-0.05, 0) is 74.8 Å². The molecular formula is C31H39N5O4. The Bertz CT molecular complexity index is 1590. The van der Waals surface area contributed by atoms with E-state index in [-0.39, 0.29) is 23.2 Å². The highest BCUT2D eigenvalue weighted by Crippen LogP contribution is 2.49. The molecule has 0 amide bonds. The number of hydrogen-bond donors (Lipinski definition) is 1. The molecule has 3 aromatic rings. The molecule has 2 saturated carbocycles. The molecule has 9 nitrogen and oxygen atoms in total. The summed E-state index contributed by atoms with van der Waals surface area (Å²) < 4.78 is 8.15. The Labute approximate surface area is 233 Å². The first-order chi connectivity index (χ1) is 19.4. The number of benzene rings is 1. The molecule has 7 rings (SSSR count). The van der Waals surface area contributed by atoms with Gasteiger partial charge in [0.15, 0.2) is 0 Å². The average molecular weight is 546 g/mol. The summed E-state index contributed by atoms with van der Waals surface area (Å²) in [6.07, 6.45) is 13.6. The monoisotopic (exact) mass is 545 g/mol. The number of rotatable bonds is 4. The summed E-state index contributed by atoms with van der Waals surface area (Å²) in [4.78, 5) is 48.9. The van der Waals surface area contributed by atoms with E-state index in [1.54, 1.807) is 0 Å². The normalized spacial score (nSPS) is 32.2. The third-order valence-electron chi connectivity index (χ3n) is 10.6. The van der Waals surface area contributed by atoms with Crippen molar-refractivity contribution >= 4 is 11.0 Å². The number of aromatic nitrogens is 4. The van der Waals surface area contributed by atoms with Gasteiger partial charge in [0.25, 0.3) is 11.1 Å². The Balaban J connectivity index is 1.28. The van der Waals surface area contributed by atoms with Gasteiger partial charge in [-0.2, -0.15) is 0 Å². The van der Waals surface area contributed by atoms with Gasteiger partial charge in [-0.25, -0.2) is 14.3 Å². The van der Waals surface area contributed by atoms with Gasteiger partial charge in [0.05, 0.1) is 24.3 Å². The van der Waals surface area contributed by atoms with Crippen molar-refractivity contribution in [1.82, 2.24) is 24.0 Å². The van der Waals surface area contributed by atoms with Crippen molar-refractivity contribution in [2.45, 2.75) is 95.3 Å². The molecule has 7 atom stereocenters. The van der Waals surface area contributed by atoms with E-state index in [2.05, 4.69) is 21.8 Å². The van der Waals surface area contributed by atoms with Crippen molar-refractivity contribution < 1.29 is 4.74 Å². The first-order valence-electron chi connectivity index (χ1n) is 15.1. The zero-order valence-corrected chi connectivity index (χ0v) is 23.4. The Morgan fingerprint density at radius 2 is 1.68 bits per heavy atom. The van der Waals surface area contributed by atoms with E-state index in [1.807, 2.05) is 28.8 Å². The molecule has 0 radical (unpaired) electrons. The minimum absolute atomic E-state index is 0.0140. The maximum atomic E-state index is 14.2. The average Bonchev–Trinajstić information content (AvgIpc) is 2.94. The summed E-state index contributed by atoms with van der Waals surface area (Å²) in [6, 6.07) is 9.28. The summed E-state index contributed by atoms with van der Waals surface area (Å²) in [5, 5.41) is 0. The van der Waals surface area contributed by atoms with Crippen LogP contribution < -0.4 is 21.5 Å². The molecule has 1 N–H and O–H groups in total. The van der Waals surface area contributed by atoms with Crippen LogP contribution in [0.15, 0.2) is 44.8 Å². The third kappa shape index (κ3) is 4.24. The van der Waals surface area contributed by atoms with Gasteiger partial charge < -0.3 is 9.30 Å². The standard InChI is InChI=1S/C31H39N5O4/c1-18-10-11-19-12-20(18)14-23(13-19)35-21-6-5-7-22(35)16-24(15-21)36-26-9-4-3-8-25(26)32-28(30(36)38)34-17-27(40-2)29(37)33-31(34)39/h3-4,8-9,17-24H,5-7,10-16H2,1-2H3,(H,33,37,39)/t18-,19-,20+,21-,22+,23+,24?/m0/s1. The number of hydrogen-bond acceptors (Lipinski definition) is 6. The highest BCUT2D eigenvalue weighted by Gasteiger charge is 2.46. The van der Waals surface area contributed by atoms with Crippen LogP contribution in [0.2, 0.25) is 0 Å². The van der Waals surface area contributed by atoms with Crippen LogP contribution in [-0.4, -0.2) is 49.2 Å². The molecule has 2 aliphatic heterocycles. The molecule has 2 aliphatic carbocycles. The third-order valence-corrected chi connectivity index (χ3v) is 10.6. The van der Waals surface area contributed by atoms with Gasteiger partial charge in [0, 0.05) is 24.2 Å². The second-order valence-electron chi connectivity index (χ2n) is 12.8. The number of fused-ring (bicyclic) bond motifs is 5. The van der Waals surface area contributed by atoms with Gasteiger partial charge in [-0.3, -0.25) is 19.5 Å². The van der Waals surface area contributed by atoms with Crippen molar-refractivity contribution in [2.24, 2.45) is 17.8 Å². The fraction of sp³-hybridized carbons (Fsp3) is 0.613. The largest absolute Gasteiger partial charge is 0.490 e. The number of ether oxygens (including phenoxy) is 1. The lowest BCUT2D eigenvalue weighted by molar-refractivity contribution is -0.0551. The van der Waals surface area contributed by atoms with Crippen LogP contribution in [0.5, 0.6) is 5.75 Å². The summed E-state index contributed by atoms with van der Waals surface area (Å²) >= 11 is 0. The van der Waals surface area contributed by atoms with Crippen LogP contribution in [0.1, 0.15) is 77.2 Å².